The molecule has 0 unspecified atom stereocenters. The van der Waals surface area contributed by atoms with Gasteiger partial charge in [-0.1, -0.05) is 11.6 Å². The Hall–Kier alpha value is -2.00. The molecule has 32 heavy (non-hydrogen) atoms. The zero-order valence-corrected chi connectivity index (χ0v) is 19.8. The third kappa shape index (κ3) is 7.00. The number of likely N-dealkylation sites (tertiary alicyclic amines) is 1. The van der Waals surface area contributed by atoms with Crippen LogP contribution in [0.1, 0.15) is 62.0 Å². The van der Waals surface area contributed by atoms with Crippen LogP contribution in [0.25, 0.3) is 0 Å². The topological polar surface area (TPSA) is 59.1 Å². The van der Waals surface area contributed by atoms with E-state index in [0.717, 1.165) is 6.07 Å². The summed E-state index contributed by atoms with van der Waals surface area (Å²) in [6, 6.07) is 1.79. The predicted molar refractivity (Wildman–Crippen MR) is 115 cm³/mol. The van der Waals surface area contributed by atoms with E-state index in [2.05, 4.69) is 0 Å². The Bertz CT molecular complexity index is 840. The zero-order valence-electron chi connectivity index (χ0n) is 19.0. The van der Waals surface area contributed by atoms with Gasteiger partial charge in [0.2, 0.25) is 0 Å². The maximum absolute atomic E-state index is 13.8. The van der Waals surface area contributed by atoms with Crippen molar-refractivity contribution >= 4 is 23.7 Å². The number of hydrogen-bond donors (Lipinski definition) is 0. The molecule has 0 N–H and O–H groups in total. The SMILES string of the molecule is CCOC(=O)c1cc(Cl)c(CN2CCC[C@H](N(C)C(=O)OC(C)(C)C)C2)c(C(F)(F)F)c1. The van der Waals surface area contributed by atoms with E-state index in [1.54, 1.807) is 34.7 Å². The summed E-state index contributed by atoms with van der Waals surface area (Å²) in [7, 11) is 1.63. The van der Waals surface area contributed by atoms with Gasteiger partial charge < -0.3 is 14.4 Å². The smallest absolute Gasteiger partial charge is 0.416 e. The normalized spacial score (nSPS) is 17.7. The molecule has 1 aliphatic rings. The van der Waals surface area contributed by atoms with E-state index in [4.69, 9.17) is 21.1 Å². The fourth-order valence-electron chi connectivity index (χ4n) is 3.58. The van der Waals surface area contributed by atoms with Crippen molar-refractivity contribution in [2.24, 2.45) is 0 Å². The Balaban J connectivity index is 2.24. The molecule has 1 amide bonds. The van der Waals surface area contributed by atoms with Crippen LogP contribution in [0, 0.1) is 0 Å². The average molecular weight is 479 g/mol. The van der Waals surface area contributed by atoms with Gasteiger partial charge in [0.25, 0.3) is 0 Å². The summed E-state index contributed by atoms with van der Waals surface area (Å²) >= 11 is 6.21. The van der Waals surface area contributed by atoms with Crippen LogP contribution in [0.4, 0.5) is 18.0 Å². The highest BCUT2D eigenvalue weighted by atomic mass is 35.5. The van der Waals surface area contributed by atoms with Gasteiger partial charge >= 0.3 is 18.2 Å². The molecule has 180 valence electrons. The number of amides is 1. The standard InChI is InChI=1S/C22H30ClF3N2O4/c1-6-31-19(29)14-10-17(22(24,25)26)16(18(23)11-14)13-28-9-7-8-15(12-28)27(5)20(30)32-21(2,3)4/h10-11,15H,6-9,12-13H2,1-5H3/t15-/m0/s1. The number of carbonyl (C=O) groups excluding carboxylic acids is 2. The second-order valence-electron chi connectivity index (χ2n) is 8.82. The van der Waals surface area contributed by atoms with E-state index in [1.807, 2.05) is 4.90 Å². The Kier molecular flexibility index (Phi) is 8.44. The monoisotopic (exact) mass is 478 g/mol. The summed E-state index contributed by atoms with van der Waals surface area (Å²) in [5, 5.41) is -0.148. The third-order valence-electron chi connectivity index (χ3n) is 5.10. The van der Waals surface area contributed by atoms with Crippen LogP contribution in [0.15, 0.2) is 12.1 Å². The van der Waals surface area contributed by atoms with Crippen LogP contribution in [-0.2, 0) is 22.2 Å². The summed E-state index contributed by atoms with van der Waals surface area (Å²) in [5.74, 6) is -0.858. The molecule has 1 heterocycles. The van der Waals surface area contributed by atoms with Crippen molar-refractivity contribution in [1.82, 2.24) is 9.80 Å². The molecule has 0 aliphatic carbocycles. The lowest BCUT2D eigenvalue weighted by Crippen LogP contribution is -2.49. The highest BCUT2D eigenvalue weighted by Gasteiger charge is 2.37. The Morgan fingerprint density at radius 1 is 1.25 bits per heavy atom. The number of benzene rings is 1. The van der Waals surface area contributed by atoms with Gasteiger partial charge in [-0.2, -0.15) is 13.2 Å². The van der Waals surface area contributed by atoms with Gasteiger partial charge in [-0.15, -0.1) is 0 Å². The minimum absolute atomic E-state index is 0.0416. The summed E-state index contributed by atoms with van der Waals surface area (Å²) in [5.41, 5.74) is -1.95. The van der Waals surface area contributed by atoms with Crippen molar-refractivity contribution in [3.63, 3.8) is 0 Å². The molecular weight excluding hydrogens is 449 g/mol. The molecule has 10 heteroatoms. The fraction of sp³-hybridized carbons (Fsp3) is 0.636. The molecule has 1 aromatic rings. The number of alkyl halides is 3. The first-order valence-corrected chi connectivity index (χ1v) is 10.9. The Labute approximate surface area is 191 Å². The van der Waals surface area contributed by atoms with Crippen LogP contribution in [0.3, 0.4) is 0 Å². The molecule has 0 bridgehead atoms. The number of ether oxygens (including phenoxy) is 2. The van der Waals surface area contributed by atoms with Gasteiger partial charge in [0.05, 0.1) is 17.7 Å². The number of rotatable bonds is 5. The van der Waals surface area contributed by atoms with E-state index in [1.165, 1.54) is 11.0 Å². The van der Waals surface area contributed by atoms with Crippen molar-refractivity contribution in [3.8, 4) is 0 Å². The average Bonchev–Trinajstić information content (AvgIpc) is 2.67. The number of esters is 1. The highest BCUT2D eigenvalue weighted by Crippen LogP contribution is 2.37. The maximum Gasteiger partial charge on any atom is 0.416 e. The van der Waals surface area contributed by atoms with Crippen molar-refractivity contribution in [2.45, 2.75) is 64.9 Å². The molecular formula is C22H30ClF3N2O4. The van der Waals surface area contributed by atoms with Crippen LogP contribution < -0.4 is 0 Å². The molecule has 1 atom stereocenters. The molecule has 1 aromatic carbocycles. The molecule has 1 saturated heterocycles. The number of hydrogen-bond acceptors (Lipinski definition) is 5. The van der Waals surface area contributed by atoms with E-state index >= 15 is 0 Å². The van der Waals surface area contributed by atoms with Gasteiger partial charge in [0.1, 0.15) is 5.60 Å². The summed E-state index contributed by atoms with van der Waals surface area (Å²) in [6.07, 6.45) is -3.74. The molecule has 0 saturated carbocycles. The summed E-state index contributed by atoms with van der Waals surface area (Å²) < 4.78 is 51.6. The minimum Gasteiger partial charge on any atom is -0.462 e. The second-order valence-corrected chi connectivity index (χ2v) is 9.23. The lowest BCUT2D eigenvalue weighted by Gasteiger charge is -2.38. The fourth-order valence-corrected chi connectivity index (χ4v) is 3.86. The number of likely N-dealkylation sites (N-methyl/N-ethyl adjacent to an activating group) is 1. The largest absolute Gasteiger partial charge is 0.462 e. The second kappa shape index (κ2) is 10.3. The molecule has 6 nitrogen and oxygen atoms in total. The number of nitrogens with zero attached hydrogens (tertiary/aromatic N) is 2. The van der Waals surface area contributed by atoms with Crippen LogP contribution in [0.2, 0.25) is 5.02 Å². The molecule has 0 spiro atoms. The Morgan fingerprint density at radius 3 is 2.47 bits per heavy atom. The van der Waals surface area contributed by atoms with E-state index < -0.39 is 29.4 Å². The lowest BCUT2D eigenvalue weighted by molar-refractivity contribution is -0.138. The molecule has 1 aliphatic heterocycles. The third-order valence-corrected chi connectivity index (χ3v) is 5.44. The molecule has 0 aromatic heterocycles. The van der Waals surface area contributed by atoms with Crippen molar-refractivity contribution in [1.29, 1.82) is 0 Å². The predicted octanol–water partition coefficient (Wildman–Crippen LogP) is 5.37. The van der Waals surface area contributed by atoms with E-state index in [0.29, 0.717) is 25.9 Å². The van der Waals surface area contributed by atoms with Crippen molar-refractivity contribution < 1.29 is 32.2 Å². The van der Waals surface area contributed by atoms with Crippen LogP contribution >= 0.6 is 11.6 Å². The van der Waals surface area contributed by atoms with Crippen molar-refractivity contribution in [2.75, 3.05) is 26.7 Å². The first kappa shape index (κ1) is 26.3. The summed E-state index contributed by atoms with van der Waals surface area (Å²) in [4.78, 5) is 27.7. The van der Waals surface area contributed by atoms with Crippen molar-refractivity contribution in [3.05, 3.63) is 33.8 Å². The van der Waals surface area contributed by atoms with Crippen LogP contribution in [0.5, 0.6) is 0 Å². The van der Waals surface area contributed by atoms with E-state index in [-0.39, 0.29) is 35.3 Å². The molecule has 1 fully saturated rings. The maximum atomic E-state index is 13.8. The number of halogens is 4. The van der Waals surface area contributed by atoms with Gasteiger partial charge in [0, 0.05) is 31.2 Å². The first-order chi connectivity index (χ1) is 14.7. The highest BCUT2D eigenvalue weighted by molar-refractivity contribution is 6.31. The first-order valence-electron chi connectivity index (χ1n) is 10.5. The van der Waals surface area contributed by atoms with Gasteiger partial charge in [-0.25, -0.2) is 9.59 Å². The van der Waals surface area contributed by atoms with Gasteiger partial charge in [-0.3, -0.25) is 4.90 Å². The number of carbonyl (C=O) groups is 2. The quantitative estimate of drug-likeness (QED) is 0.533. The number of piperidine rings is 1. The lowest BCUT2D eigenvalue weighted by atomic mass is 10.00. The summed E-state index contributed by atoms with van der Waals surface area (Å²) in [6.45, 7) is 7.80. The zero-order chi connectivity index (χ0) is 24.3. The minimum atomic E-state index is -4.69. The van der Waals surface area contributed by atoms with Gasteiger partial charge in [-0.05, 0) is 64.8 Å². The molecule has 0 radical (unpaired) electrons. The Morgan fingerprint density at radius 2 is 1.91 bits per heavy atom. The van der Waals surface area contributed by atoms with Gasteiger partial charge in [0.15, 0.2) is 0 Å². The molecule has 2 rings (SSSR count). The van der Waals surface area contributed by atoms with E-state index in [9.17, 15) is 22.8 Å². The van der Waals surface area contributed by atoms with Crippen LogP contribution in [-0.4, -0.2) is 60.2 Å².